The highest BCUT2D eigenvalue weighted by atomic mass is 35.5. The van der Waals surface area contributed by atoms with Crippen molar-refractivity contribution in [2.75, 3.05) is 0 Å². The van der Waals surface area contributed by atoms with Crippen molar-refractivity contribution in [3.05, 3.63) is 64.7 Å². The molecule has 0 fully saturated rings. The van der Waals surface area contributed by atoms with Gasteiger partial charge in [0.05, 0.1) is 0 Å². The molecule has 4 heteroatoms. The van der Waals surface area contributed by atoms with E-state index in [-0.39, 0.29) is 11.5 Å². The molecule has 0 saturated heterocycles. The Hall–Kier alpha value is -1.51. The topological polar surface area (TPSA) is 37.3 Å². The zero-order valence-corrected chi connectivity index (χ0v) is 10.8. The maximum absolute atomic E-state index is 12.1. The van der Waals surface area contributed by atoms with Gasteiger partial charge >= 0.3 is 0 Å². The Morgan fingerprint density at radius 3 is 2.11 bits per heavy atom. The first-order chi connectivity index (χ1) is 8.58. The Labute approximate surface area is 115 Å². The predicted octanol–water partition coefficient (Wildman–Crippen LogP) is 4.21. The molecule has 1 atom stereocenters. The number of halogens is 2. The molecular formula is C14H10Cl2O2. The number of rotatable bonds is 3. The number of hydrogen-bond donors (Lipinski definition) is 1. The molecule has 0 aliphatic heterocycles. The number of alkyl halides is 1. The summed E-state index contributed by atoms with van der Waals surface area (Å²) in [6.07, 6.45) is 0. The highest BCUT2D eigenvalue weighted by molar-refractivity contribution is 6.34. The van der Waals surface area contributed by atoms with E-state index < -0.39 is 5.38 Å². The first kappa shape index (κ1) is 12.9. The van der Waals surface area contributed by atoms with Gasteiger partial charge in [-0.05, 0) is 42.0 Å². The molecule has 0 aromatic heterocycles. The van der Waals surface area contributed by atoms with Gasteiger partial charge in [0.2, 0.25) is 0 Å². The predicted molar refractivity (Wildman–Crippen MR) is 72.5 cm³/mol. The molecule has 0 aliphatic rings. The van der Waals surface area contributed by atoms with Gasteiger partial charge in [0, 0.05) is 10.6 Å². The molecule has 0 amide bonds. The van der Waals surface area contributed by atoms with Crippen molar-refractivity contribution in [3.8, 4) is 5.75 Å². The SMILES string of the molecule is O=C(c1ccc(Cl)cc1)C(Cl)c1ccc(O)cc1. The largest absolute Gasteiger partial charge is 0.508 e. The molecule has 2 aromatic rings. The quantitative estimate of drug-likeness (QED) is 0.676. The Kier molecular flexibility index (Phi) is 3.90. The maximum atomic E-state index is 12.1. The molecule has 2 aromatic carbocycles. The van der Waals surface area contributed by atoms with E-state index in [1.807, 2.05) is 0 Å². The first-order valence-corrected chi connectivity index (χ1v) is 6.12. The second-order valence-electron chi connectivity index (χ2n) is 3.83. The van der Waals surface area contributed by atoms with Crippen LogP contribution in [-0.2, 0) is 0 Å². The van der Waals surface area contributed by atoms with Crippen LogP contribution >= 0.6 is 23.2 Å². The minimum Gasteiger partial charge on any atom is -0.508 e. The summed E-state index contributed by atoms with van der Waals surface area (Å²) in [6.45, 7) is 0. The number of Topliss-reactive ketones (excluding diaryl/α,β-unsaturated/α-hetero) is 1. The average molecular weight is 281 g/mol. The van der Waals surface area contributed by atoms with Crippen LogP contribution in [0.3, 0.4) is 0 Å². The van der Waals surface area contributed by atoms with Crippen molar-refractivity contribution in [3.63, 3.8) is 0 Å². The molecule has 2 rings (SSSR count). The minimum atomic E-state index is -0.772. The number of phenolic OH excluding ortho intramolecular Hbond substituents is 1. The summed E-state index contributed by atoms with van der Waals surface area (Å²) < 4.78 is 0. The van der Waals surface area contributed by atoms with E-state index >= 15 is 0 Å². The third kappa shape index (κ3) is 2.84. The van der Waals surface area contributed by atoms with E-state index in [0.29, 0.717) is 16.1 Å². The smallest absolute Gasteiger partial charge is 0.185 e. The van der Waals surface area contributed by atoms with Gasteiger partial charge in [0.25, 0.3) is 0 Å². The van der Waals surface area contributed by atoms with E-state index in [1.54, 1.807) is 36.4 Å². The van der Waals surface area contributed by atoms with Crippen molar-refractivity contribution < 1.29 is 9.90 Å². The summed E-state index contributed by atoms with van der Waals surface area (Å²) in [4.78, 5) is 12.1. The van der Waals surface area contributed by atoms with Gasteiger partial charge in [-0.15, -0.1) is 11.6 Å². The number of aromatic hydroxyl groups is 1. The monoisotopic (exact) mass is 280 g/mol. The van der Waals surface area contributed by atoms with Gasteiger partial charge < -0.3 is 5.11 Å². The van der Waals surface area contributed by atoms with Gasteiger partial charge in [0.1, 0.15) is 11.1 Å². The summed E-state index contributed by atoms with van der Waals surface area (Å²) in [7, 11) is 0. The number of phenols is 1. The molecule has 1 unspecified atom stereocenters. The number of hydrogen-bond acceptors (Lipinski definition) is 2. The maximum Gasteiger partial charge on any atom is 0.185 e. The van der Waals surface area contributed by atoms with Crippen LogP contribution < -0.4 is 0 Å². The average Bonchev–Trinajstić information content (AvgIpc) is 2.39. The zero-order chi connectivity index (χ0) is 13.1. The summed E-state index contributed by atoms with van der Waals surface area (Å²) in [6, 6.07) is 12.8. The van der Waals surface area contributed by atoms with Crippen molar-refractivity contribution in [2.45, 2.75) is 5.38 Å². The van der Waals surface area contributed by atoms with E-state index in [4.69, 9.17) is 23.2 Å². The van der Waals surface area contributed by atoms with Crippen LogP contribution in [0.1, 0.15) is 21.3 Å². The summed E-state index contributed by atoms with van der Waals surface area (Å²) in [5, 5.41) is 8.98. The number of carbonyl (C=O) groups is 1. The molecule has 0 radical (unpaired) electrons. The lowest BCUT2D eigenvalue weighted by molar-refractivity contribution is 0.0987. The van der Waals surface area contributed by atoms with Crippen LogP contribution in [-0.4, -0.2) is 10.9 Å². The van der Waals surface area contributed by atoms with Crippen molar-refractivity contribution in [2.24, 2.45) is 0 Å². The first-order valence-electron chi connectivity index (χ1n) is 5.31. The lowest BCUT2D eigenvalue weighted by Gasteiger charge is -2.09. The Bertz CT molecular complexity index is 547. The Morgan fingerprint density at radius 2 is 1.56 bits per heavy atom. The fourth-order valence-corrected chi connectivity index (χ4v) is 1.95. The van der Waals surface area contributed by atoms with E-state index in [0.717, 1.165) is 0 Å². The molecule has 0 heterocycles. The van der Waals surface area contributed by atoms with E-state index in [2.05, 4.69) is 0 Å². The van der Waals surface area contributed by atoms with Gasteiger partial charge in [0.15, 0.2) is 5.78 Å². The number of carbonyl (C=O) groups excluding carboxylic acids is 1. The van der Waals surface area contributed by atoms with E-state index in [1.165, 1.54) is 12.1 Å². The summed E-state index contributed by atoms with van der Waals surface area (Å²) >= 11 is 11.9. The third-order valence-corrected chi connectivity index (χ3v) is 3.25. The van der Waals surface area contributed by atoms with Crippen LogP contribution in [0.2, 0.25) is 5.02 Å². The van der Waals surface area contributed by atoms with Crippen LogP contribution in [0.5, 0.6) is 5.75 Å². The summed E-state index contributed by atoms with van der Waals surface area (Å²) in [5.41, 5.74) is 1.15. The zero-order valence-electron chi connectivity index (χ0n) is 9.31. The van der Waals surface area contributed by atoms with Crippen LogP contribution in [0.4, 0.5) is 0 Å². The lowest BCUT2D eigenvalue weighted by atomic mass is 10.0. The second kappa shape index (κ2) is 5.42. The van der Waals surface area contributed by atoms with E-state index in [9.17, 15) is 9.90 Å². The highest BCUT2D eigenvalue weighted by Gasteiger charge is 2.19. The molecule has 0 bridgehead atoms. The second-order valence-corrected chi connectivity index (χ2v) is 4.70. The molecule has 18 heavy (non-hydrogen) atoms. The normalized spacial score (nSPS) is 12.1. The molecule has 92 valence electrons. The standard InChI is InChI=1S/C14H10Cl2O2/c15-11-5-1-10(2-6-11)14(18)13(16)9-3-7-12(17)8-4-9/h1-8,13,17H. The van der Waals surface area contributed by atoms with Gasteiger partial charge in [-0.1, -0.05) is 23.7 Å². The Balaban J connectivity index is 2.23. The van der Waals surface area contributed by atoms with Gasteiger partial charge in [-0.25, -0.2) is 0 Å². The number of ketones is 1. The van der Waals surface area contributed by atoms with Crippen molar-refractivity contribution in [1.29, 1.82) is 0 Å². The number of benzene rings is 2. The fourth-order valence-electron chi connectivity index (χ4n) is 1.56. The van der Waals surface area contributed by atoms with Crippen LogP contribution in [0, 0.1) is 0 Å². The molecule has 1 N–H and O–H groups in total. The lowest BCUT2D eigenvalue weighted by Crippen LogP contribution is -2.07. The molecule has 0 saturated carbocycles. The van der Waals surface area contributed by atoms with Gasteiger partial charge in [-0.2, -0.15) is 0 Å². The highest BCUT2D eigenvalue weighted by Crippen LogP contribution is 2.26. The minimum absolute atomic E-state index is 0.140. The Morgan fingerprint density at radius 1 is 1.00 bits per heavy atom. The van der Waals surface area contributed by atoms with Crippen LogP contribution in [0.25, 0.3) is 0 Å². The molecule has 0 aliphatic carbocycles. The van der Waals surface area contributed by atoms with Crippen molar-refractivity contribution >= 4 is 29.0 Å². The summed E-state index contributed by atoms with van der Waals surface area (Å²) in [5.74, 6) is -0.0550. The fraction of sp³-hybridized carbons (Fsp3) is 0.0714. The molecule has 2 nitrogen and oxygen atoms in total. The third-order valence-electron chi connectivity index (χ3n) is 2.54. The molecule has 0 spiro atoms. The van der Waals surface area contributed by atoms with Crippen molar-refractivity contribution in [1.82, 2.24) is 0 Å². The van der Waals surface area contributed by atoms with Crippen LogP contribution in [0.15, 0.2) is 48.5 Å². The van der Waals surface area contributed by atoms with Gasteiger partial charge in [-0.3, -0.25) is 4.79 Å². The molecular weight excluding hydrogens is 271 g/mol.